The number of aryl methyl sites for hydroxylation is 1. The fourth-order valence-corrected chi connectivity index (χ4v) is 2.41. The molecular formula is C14H20N2O3. The number of urea groups is 1. The van der Waals surface area contributed by atoms with Gasteiger partial charge in [-0.2, -0.15) is 0 Å². The lowest BCUT2D eigenvalue weighted by Crippen LogP contribution is -2.27. The van der Waals surface area contributed by atoms with E-state index in [0.29, 0.717) is 24.6 Å². The zero-order valence-corrected chi connectivity index (χ0v) is 11.8. The van der Waals surface area contributed by atoms with Gasteiger partial charge in [0, 0.05) is 13.1 Å². The van der Waals surface area contributed by atoms with Crippen LogP contribution in [0.1, 0.15) is 24.1 Å². The molecule has 2 amide bonds. The van der Waals surface area contributed by atoms with E-state index < -0.39 is 0 Å². The van der Waals surface area contributed by atoms with Crippen LogP contribution in [0.3, 0.4) is 0 Å². The molecule has 1 aliphatic heterocycles. The third-order valence-corrected chi connectivity index (χ3v) is 3.52. The Kier molecular flexibility index (Phi) is 3.83. The number of amides is 2. The summed E-state index contributed by atoms with van der Waals surface area (Å²) in [4.78, 5) is 13.5. The SMILES string of the molecule is CCN1CC(c2cc(OC)c(OC)cc2C)NC1=O. The topological polar surface area (TPSA) is 50.8 Å². The van der Waals surface area contributed by atoms with Crippen LogP contribution in [0.5, 0.6) is 11.5 Å². The number of ether oxygens (including phenoxy) is 2. The summed E-state index contributed by atoms with van der Waals surface area (Å²) in [6, 6.07) is 3.88. The van der Waals surface area contributed by atoms with Crippen LogP contribution in [-0.2, 0) is 0 Å². The fraction of sp³-hybridized carbons (Fsp3) is 0.500. The normalized spacial score (nSPS) is 18.4. The van der Waals surface area contributed by atoms with Crippen LogP contribution in [0.15, 0.2) is 12.1 Å². The van der Waals surface area contributed by atoms with Gasteiger partial charge in [0.1, 0.15) is 0 Å². The van der Waals surface area contributed by atoms with E-state index in [4.69, 9.17) is 9.47 Å². The minimum Gasteiger partial charge on any atom is -0.493 e. The first kappa shape index (κ1) is 13.5. The Balaban J connectivity index is 2.33. The van der Waals surface area contributed by atoms with Crippen LogP contribution < -0.4 is 14.8 Å². The number of hydrogen-bond donors (Lipinski definition) is 1. The van der Waals surface area contributed by atoms with Gasteiger partial charge >= 0.3 is 6.03 Å². The van der Waals surface area contributed by atoms with Gasteiger partial charge in [-0.05, 0) is 37.1 Å². The second-order valence-electron chi connectivity index (χ2n) is 4.60. The summed E-state index contributed by atoms with van der Waals surface area (Å²) in [6.07, 6.45) is 0. The quantitative estimate of drug-likeness (QED) is 0.906. The lowest BCUT2D eigenvalue weighted by Gasteiger charge is -2.17. The van der Waals surface area contributed by atoms with Gasteiger partial charge in [0.25, 0.3) is 0 Å². The van der Waals surface area contributed by atoms with Crippen molar-refractivity contribution in [3.8, 4) is 11.5 Å². The van der Waals surface area contributed by atoms with Crippen molar-refractivity contribution in [1.29, 1.82) is 0 Å². The van der Waals surface area contributed by atoms with Crippen molar-refractivity contribution < 1.29 is 14.3 Å². The number of benzene rings is 1. The number of nitrogens with zero attached hydrogens (tertiary/aromatic N) is 1. The molecule has 19 heavy (non-hydrogen) atoms. The summed E-state index contributed by atoms with van der Waals surface area (Å²) >= 11 is 0. The number of carbonyl (C=O) groups excluding carboxylic acids is 1. The molecule has 0 saturated carbocycles. The number of rotatable bonds is 4. The average molecular weight is 264 g/mol. The van der Waals surface area contributed by atoms with E-state index in [1.54, 1.807) is 19.1 Å². The maximum Gasteiger partial charge on any atom is 0.318 e. The van der Waals surface area contributed by atoms with E-state index in [-0.39, 0.29) is 12.1 Å². The van der Waals surface area contributed by atoms with E-state index in [1.165, 1.54) is 0 Å². The second-order valence-corrected chi connectivity index (χ2v) is 4.60. The molecular weight excluding hydrogens is 244 g/mol. The summed E-state index contributed by atoms with van der Waals surface area (Å²) in [5.41, 5.74) is 2.16. The van der Waals surface area contributed by atoms with Crippen molar-refractivity contribution in [2.75, 3.05) is 27.3 Å². The van der Waals surface area contributed by atoms with Gasteiger partial charge in [-0.1, -0.05) is 0 Å². The van der Waals surface area contributed by atoms with E-state index >= 15 is 0 Å². The molecule has 0 spiro atoms. The molecule has 0 radical (unpaired) electrons. The molecule has 2 rings (SSSR count). The Morgan fingerprint density at radius 1 is 1.32 bits per heavy atom. The summed E-state index contributed by atoms with van der Waals surface area (Å²) in [5.74, 6) is 1.40. The molecule has 1 N–H and O–H groups in total. The average Bonchev–Trinajstić information content (AvgIpc) is 2.79. The van der Waals surface area contributed by atoms with Crippen molar-refractivity contribution in [2.24, 2.45) is 0 Å². The minimum absolute atomic E-state index is 0.00672. The summed E-state index contributed by atoms with van der Waals surface area (Å²) in [6.45, 7) is 5.39. The third-order valence-electron chi connectivity index (χ3n) is 3.52. The van der Waals surface area contributed by atoms with Gasteiger partial charge in [-0.3, -0.25) is 0 Å². The number of methoxy groups -OCH3 is 2. The zero-order chi connectivity index (χ0) is 14.0. The van der Waals surface area contributed by atoms with Crippen LogP contribution in [-0.4, -0.2) is 38.2 Å². The predicted octanol–water partition coefficient (Wildman–Crippen LogP) is 2.10. The van der Waals surface area contributed by atoms with Crippen LogP contribution in [0, 0.1) is 6.92 Å². The van der Waals surface area contributed by atoms with E-state index in [1.807, 2.05) is 26.0 Å². The predicted molar refractivity (Wildman–Crippen MR) is 72.8 cm³/mol. The molecule has 1 fully saturated rings. The summed E-state index contributed by atoms with van der Waals surface area (Å²) in [7, 11) is 3.23. The van der Waals surface area contributed by atoms with Crippen molar-refractivity contribution in [1.82, 2.24) is 10.2 Å². The molecule has 1 heterocycles. The minimum atomic E-state index is -0.0123. The molecule has 0 aromatic heterocycles. The summed E-state index contributed by atoms with van der Waals surface area (Å²) < 4.78 is 10.6. The number of nitrogens with one attached hydrogen (secondary N) is 1. The van der Waals surface area contributed by atoms with E-state index in [2.05, 4.69) is 5.32 Å². The highest BCUT2D eigenvalue weighted by atomic mass is 16.5. The van der Waals surface area contributed by atoms with Crippen LogP contribution in [0.25, 0.3) is 0 Å². The largest absolute Gasteiger partial charge is 0.493 e. The molecule has 1 aromatic carbocycles. The Bertz CT molecular complexity index is 488. The van der Waals surface area contributed by atoms with Gasteiger partial charge in [-0.15, -0.1) is 0 Å². The maximum atomic E-state index is 11.7. The molecule has 1 atom stereocenters. The maximum absolute atomic E-state index is 11.7. The highest BCUT2D eigenvalue weighted by Gasteiger charge is 2.30. The molecule has 1 unspecified atom stereocenters. The number of hydrogen-bond acceptors (Lipinski definition) is 3. The Morgan fingerprint density at radius 3 is 2.47 bits per heavy atom. The lowest BCUT2D eigenvalue weighted by atomic mass is 10.0. The van der Waals surface area contributed by atoms with Crippen molar-refractivity contribution >= 4 is 6.03 Å². The van der Waals surface area contributed by atoms with E-state index in [0.717, 1.165) is 11.1 Å². The Hall–Kier alpha value is -1.91. The molecule has 1 aromatic rings. The van der Waals surface area contributed by atoms with Crippen LogP contribution in [0.2, 0.25) is 0 Å². The Labute approximate surface area is 113 Å². The third kappa shape index (κ3) is 2.45. The van der Waals surface area contributed by atoms with Gasteiger partial charge < -0.3 is 19.7 Å². The first-order valence-corrected chi connectivity index (χ1v) is 6.38. The van der Waals surface area contributed by atoms with Crippen LogP contribution in [0.4, 0.5) is 4.79 Å². The van der Waals surface area contributed by atoms with Crippen molar-refractivity contribution in [3.63, 3.8) is 0 Å². The lowest BCUT2D eigenvalue weighted by molar-refractivity contribution is 0.219. The fourth-order valence-electron chi connectivity index (χ4n) is 2.41. The number of carbonyl (C=O) groups is 1. The molecule has 5 heteroatoms. The smallest absolute Gasteiger partial charge is 0.318 e. The van der Waals surface area contributed by atoms with Gasteiger partial charge in [0.05, 0.1) is 20.3 Å². The van der Waals surface area contributed by atoms with Crippen molar-refractivity contribution in [2.45, 2.75) is 19.9 Å². The molecule has 1 aliphatic rings. The zero-order valence-electron chi connectivity index (χ0n) is 11.8. The summed E-state index contributed by atoms with van der Waals surface area (Å²) in [5, 5.41) is 2.99. The molecule has 104 valence electrons. The molecule has 0 bridgehead atoms. The molecule has 1 saturated heterocycles. The molecule has 5 nitrogen and oxygen atoms in total. The second kappa shape index (κ2) is 5.38. The van der Waals surface area contributed by atoms with Gasteiger partial charge in [0.15, 0.2) is 11.5 Å². The first-order valence-electron chi connectivity index (χ1n) is 6.38. The van der Waals surface area contributed by atoms with Crippen LogP contribution >= 0.6 is 0 Å². The monoisotopic (exact) mass is 264 g/mol. The standard InChI is InChI=1S/C14H20N2O3/c1-5-16-8-11(15-14(16)17)10-7-13(19-4)12(18-3)6-9(10)2/h6-7,11H,5,8H2,1-4H3,(H,15,17). The highest BCUT2D eigenvalue weighted by molar-refractivity contribution is 5.77. The number of likely N-dealkylation sites (N-methyl/N-ethyl adjacent to an activating group) is 1. The highest BCUT2D eigenvalue weighted by Crippen LogP contribution is 2.34. The Morgan fingerprint density at radius 2 is 1.95 bits per heavy atom. The van der Waals surface area contributed by atoms with Crippen molar-refractivity contribution in [3.05, 3.63) is 23.3 Å². The van der Waals surface area contributed by atoms with E-state index in [9.17, 15) is 4.79 Å². The van der Waals surface area contributed by atoms with Gasteiger partial charge in [-0.25, -0.2) is 4.79 Å². The molecule has 0 aliphatic carbocycles. The first-order chi connectivity index (χ1) is 9.10. The van der Waals surface area contributed by atoms with Gasteiger partial charge in [0.2, 0.25) is 0 Å².